The second-order valence-corrected chi connectivity index (χ2v) is 4.91. The van der Waals surface area contributed by atoms with Crippen molar-refractivity contribution in [2.24, 2.45) is 5.73 Å². The van der Waals surface area contributed by atoms with Crippen molar-refractivity contribution in [3.05, 3.63) is 34.4 Å². The first kappa shape index (κ1) is 12.1. The first-order chi connectivity index (χ1) is 7.34. The van der Waals surface area contributed by atoms with Crippen molar-refractivity contribution in [2.45, 2.75) is 4.90 Å². The summed E-state index contributed by atoms with van der Waals surface area (Å²) < 4.78 is 23.1. The van der Waals surface area contributed by atoms with Gasteiger partial charge in [0.05, 0.1) is 4.92 Å². The molecule has 0 radical (unpaired) electrons. The van der Waals surface area contributed by atoms with Crippen molar-refractivity contribution in [1.82, 2.24) is 0 Å². The molecule has 0 saturated heterocycles. The van der Waals surface area contributed by atoms with E-state index in [9.17, 15) is 23.3 Å². The van der Waals surface area contributed by atoms with Crippen LogP contribution in [0.5, 0.6) is 0 Å². The van der Waals surface area contributed by atoms with Gasteiger partial charge < -0.3 is 5.73 Å². The number of nitro benzene ring substituents is 1. The molecule has 0 aliphatic heterocycles. The van der Waals surface area contributed by atoms with Crippen molar-refractivity contribution >= 4 is 21.4 Å². The zero-order valence-corrected chi connectivity index (χ0v) is 8.81. The lowest BCUT2D eigenvalue weighted by molar-refractivity contribution is -0.387. The number of carbonyl (C=O) groups is 1. The van der Waals surface area contributed by atoms with Crippen LogP contribution in [-0.2, 0) is 14.6 Å². The Balaban J connectivity index is 3.33. The van der Waals surface area contributed by atoms with Crippen LogP contribution in [0.1, 0.15) is 0 Å². The topological polar surface area (TPSA) is 120 Å². The quantitative estimate of drug-likeness (QED) is 0.583. The van der Waals surface area contributed by atoms with Gasteiger partial charge in [-0.1, -0.05) is 12.1 Å². The average molecular weight is 244 g/mol. The van der Waals surface area contributed by atoms with E-state index in [-0.39, 0.29) is 0 Å². The Bertz CT molecular complexity index is 537. The maximum Gasteiger partial charge on any atom is 0.287 e. The normalized spacial score (nSPS) is 11.0. The summed E-state index contributed by atoms with van der Waals surface area (Å²) >= 11 is 0. The van der Waals surface area contributed by atoms with E-state index in [1.165, 1.54) is 12.1 Å². The van der Waals surface area contributed by atoms with Gasteiger partial charge in [-0.2, -0.15) is 0 Å². The maximum absolute atomic E-state index is 11.6. The van der Waals surface area contributed by atoms with E-state index in [1.54, 1.807) is 0 Å². The Morgan fingerprint density at radius 3 is 2.44 bits per heavy atom. The van der Waals surface area contributed by atoms with Crippen LogP contribution in [0.25, 0.3) is 0 Å². The predicted octanol–water partition coefficient (Wildman–Crippen LogP) is -0.146. The number of hydrogen-bond donors (Lipinski definition) is 1. The van der Waals surface area contributed by atoms with Gasteiger partial charge in [-0.3, -0.25) is 14.9 Å². The highest BCUT2D eigenvalue weighted by Crippen LogP contribution is 2.23. The average Bonchev–Trinajstić information content (AvgIpc) is 2.15. The molecule has 2 N–H and O–H groups in total. The van der Waals surface area contributed by atoms with Crippen LogP contribution in [0, 0.1) is 10.1 Å². The zero-order chi connectivity index (χ0) is 12.3. The molecule has 0 aliphatic carbocycles. The highest BCUT2D eigenvalue weighted by molar-refractivity contribution is 7.92. The fraction of sp³-hybridized carbons (Fsp3) is 0.125. The van der Waals surface area contributed by atoms with Crippen LogP contribution >= 0.6 is 0 Å². The molecular formula is C8H8N2O5S. The second-order valence-electron chi connectivity index (χ2n) is 2.95. The van der Waals surface area contributed by atoms with E-state index >= 15 is 0 Å². The molecule has 0 bridgehead atoms. The fourth-order valence-electron chi connectivity index (χ4n) is 1.14. The van der Waals surface area contributed by atoms with Crippen molar-refractivity contribution in [3.63, 3.8) is 0 Å². The molecule has 0 fully saturated rings. The molecule has 0 heterocycles. The fourth-order valence-corrected chi connectivity index (χ4v) is 2.41. The molecule has 7 nitrogen and oxygen atoms in total. The number of benzene rings is 1. The standard InChI is InChI=1S/C8H8N2O5S/c9-8(11)5-16(14,15)7-4-2-1-3-6(7)10(12)13/h1-4H,5H2,(H2,9,11). The molecule has 0 saturated carbocycles. The minimum Gasteiger partial charge on any atom is -0.369 e. The number of para-hydroxylation sites is 1. The molecular weight excluding hydrogens is 236 g/mol. The molecule has 1 aromatic rings. The van der Waals surface area contributed by atoms with Gasteiger partial charge in [0.1, 0.15) is 10.6 Å². The van der Waals surface area contributed by atoms with E-state index < -0.39 is 37.0 Å². The van der Waals surface area contributed by atoms with E-state index in [2.05, 4.69) is 0 Å². The first-order valence-electron chi connectivity index (χ1n) is 4.09. The number of nitrogens with two attached hydrogens (primary N) is 1. The summed E-state index contributed by atoms with van der Waals surface area (Å²) in [7, 11) is -4.05. The molecule has 1 amide bonds. The lowest BCUT2D eigenvalue weighted by Crippen LogP contribution is -2.23. The summed E-state index contributed by atoms with van der Waals surface area (Å²) in [6, 6.07) is 4.78. The predicted molar refractivity (Wildman–Crippen MR) is 54.3 cm³/mol. The van der Waals surface area contributed by atoms with Crippen molar-refractivity contribution < 1.29 is 18.1 Å². The van der Waals surface area contributed by atoms with Crippen LogP contribution in [0.15, 0.2) is 29.2 Å². The van der Waals surface area contributed by atoms with Crippen molar-refractivity contribution in [2.75, 3.05) is 5.75 Å². The third-order valence-corrected chi connectivity index (χ3v) is 3.41. The van der Waals surface area contributed by atoms with Gasteiger partial charge in [0.15, 0.2) is 9.84 Å². The summed E-state index contributed by atoms with van der Waals surface area (Å²) in [6.45, 7) is 0. The van der Waals surface area contributed by atoms with Gasteiger partial charge in [0.25, 0.3) is 5.69 Å². The Labute approximate surface area is 90.9 Å². The van der Waals surface area contributed by atoms with Crippen LogP contribution < -0.4 is 5.73 Å². The summed E-state index contributed by atoms with van der Waals surface area (Å²) in [6.07, 6.45) is 0. The lowest BCUT2D eigenvalue weighted by Gasteiger charge is -2.02. The van der Waals surface area contributed by atoms with E-state index in [0.717, 1.165) is 12.1 Å². The Morgan fingerprint density at radius 1 is 1.38 bits per heavy atom. The van der Waals surface area contributed by atoms with Gasteiger partial charge in [-0.05, 0) is 6.07 Å². The molecule has 0 atom stereocenters. The number of hydrogen-bond acceptors (Lipinski definition) is 5. The smallest absolute Gasteiger partial charge is 0.287 e. The van der Waals surface area contributed by atoms with Gasteiger partial charge in [-0.15, -0.1) is 0 Å². The minimum absolute atomic E-state index is 0.501. The van der Waals surface area contributed by atoms with Gasteiger partial charge in [0, 0.05) is 6.07 Å². The molecule has 8 heteroatoms. The van der Waals surface area contributed by atoms with Crippen LogP contribution in [-0.4, -0.2) is 25.0 Å². The first-order valence-corrected chi connectivity index (χ1v) is 5.74. The maximum atomic E-state index is 11.6. The summed E-state index contributed by atoms with van der Waals surface area (Å²) in [4.78, 5) is 19.8. The number of nitrogens with zero attached hydrogens (tertiary/aromatic N) is 1. The van der Waals surface area contributed by atoms with E-state index in [0.29, 0.717) is 0 Å². The van der Waals surface area contributed by atoms with Gasteiger partial charge >= 0.3 is 0 Å². The molecule has 1 aromatic carbocycles. The number of amides is 1. The minimum atomic E-state index is -4.05. The van der Waals surface area contributed by atoms with Crippen molar-refractivity contribution in [1.29, 1.82) is 0 Å². The highest BCUT2D eigenvalue weighted by atomic mass is 32.2. The van der Waals surface area contributed by atoms with E-state index in [1.807, 2.05) is 0 Å². The molecule has 0 spiro atoms. The van der Waals surface area contributed by atoms with Gasteiger partial charge in [0.2, 0.25) is 5.91 Å². The molecule has 1 rings (SSSR count). The molecule has 0 aromatic heterocycles. The molecule has 0 unspecified atom stereocenters. The Morgan fingerprint density at radius 2 is 1.94 bits per heavy atom. The lowest BCUT2D eigenvalue weighted by atomic mass is 10.3. The number of primary amides is 1. The third-order valence-electron chi connectivity index (χ3n) is 1.73. The highest BCUT2D eigenvalue weighted by Gasteiger charge is 2.26. The van der Waals surface area contributed by atoms with Crippen LogP contribution in [0.3, 0.4) is 0 Å². The summed E-state index contributed by atoms with van der Waals surface area (Å²) in [5.41, 5.74) is 4.19. The van der Waals surface area contributed by atoms with Crippen LogP contribution in [0.4, 0.5) is 5.69 Å². The Kier molecular flexibility index (Phi) is 3.23. The summed E-state index contributed by atoms with van der Waals surface area (Å²) in [5.74, 6) is -2.00. The zero-order valence-electron chi connectivity index (χ0n) is 7.99. The molecule has 86 valence electrons. The number of nitro groups is 1. The largest absolute Gasteiger partial charge is 0.369 e. The monoisotopic (exact) mass is 244 g/mol. The number of rotatable bonds is 4. The second kappa shape index (κ2) is 4.27. The summed E-state index contributed by atoms with van der Waals surface area (Å²) in [5, 5.41) is 10.6. The third kappa shape index (κ3) is 2.54. The number of sulfone groups is 1. The SMILES string of the molecule is NC(=O)CS(=O)(=O)c1ccccc1[N+](=O)[O-]. The molecule has 0 aliphatic rings. The molecule has 16 heavy (non-hydrogen) atoms. The number of carbonyl (C=O) groups excluding carboxylic acids is 1. The van der Waals surface area contributed by atoms with Crippen LogP contribution in [0.2, 0.25) is 0 Å². The Hall–Kier alpha value is -1.96. The van der Waals surface area contributed by atoms with Gasteiger partial charge in [-0.25, -0.2) is 8.42 Å². The van der Waals surface area contributed by atoms with Crippen molar-refractivity contribution in [3.8, 4) is 0 Å². The van der Waals surface area contributed by atoms with E-state index in [4.69, 9.17) is 5.73 Å².